The van der Waals surface area contributed by atoms with E-state index in [0.717, 1.165) is 27.9 Å². The summed E-state index contributed by atoms with van der Waals surface area (Å²) < 4.78 is 6.23. The van der Waals surface area contributed by atoms with Crippen LogP contribution in [-0.4, -0.2) is 0 Å². The van der Waals surface area contributed by atoms with Crippen molar-refractivity contribution < 1.29 is 4.42 Å². The summed E-state index contributed by atoms with van der Waals surface area (Å²) in [6.07, 6.45) is 3.60. The van der Waals surface area contributed by atoms with E-state index in [2.05, 4.69) is 147 Å². The molecule has 1 aromatic heterocycles. The van der Waals surface area contributed by atoms with Gasteiger partial charge in [-0.2, -0.15) is 0 Å². The van der Waals surface area contributed by atoms with Crippen molar-refractivity contribution in [3.05, 3.63) is 158 Å². The van der Waals surface area contributed by atoms with E-state index in [1.54, 1.807) is 6.08 Å². The first kappa shape index (κ1) is 25.1. The second-order valence-electron chi connectivity index (χ2n) is 10.9. The van der Waals surface area contributed by atoms with E-state index >= 15 is 0 Å². The van der Waals surface area contributed by atoms with Crippen LogP contribution in [0.15, 0.2) is 151 Å². The van der Waals surface area contributed by atoms with E-state index in [9.17, 15) is 0 Å². The van der Waals surface area contributed by atoms with Crippen molar-refractivity contribution >= 4 is 55.4 Å². The van der Waals surface area contributed by atoms with Gasteiger partial charge in [0.05, 0.1) is 0 Å². The first-order valence-corrected chi connectivity index (χ1v) is 14.6. The molecule has 8 rings (SSSR count). The number of fused-ring (bicyclic) bond motifs is 4. The summed E-state index contributed by atoms with van der Waals surface area (Å²) in [7, 11) is 0. The largest absolute Gasteiger partial charge is 0.456 e. The Morgan fingerprint density at radius 3 is 1.56 bits per heavy atom. The van der Waals surface area contributed by atoms with Gasteiger partial charge in [-0.05, 0) is 83.9 Å². The standard InChI is InChI=1S/C42H28O/c1-3-29-33-23-22-28(26-40(33)43-39(29)4-2)41-34-18-10-12-20-36(34)42(37-21-13-11-19-35(37)41)38-25-24-30(27-14-6-5-7-15-27)31-16-8-9-17-32(31)38/h3-26H,1-2H2. The van der Waals surface area contributed by atoms with Crippen molar-refractivity contribution in [1.29, 1.82) is 0 Å². The first-order chi connectivity index (χ1) is 21.3. The van der Waals surface area contributed by atoms with E-state index in [4.69, 9.17) is 4.42 Å². The third kappa shape index (κ3) is 3.86. The lowest BCUT2D eigenvalue weighted by Crippen LogP contribution is -1.92. The highest BCUT2D eigenvalue weighted by Gasteiger charge is 2.20. The van der Waals surface area contributed by atoms with Gasteiger partial charge in [0.15, 0.2) is 0 Å². The lowest BCUT2D eigenvalue weighted by atomic mass is 9.83. The van der Waals surface area contributed by atoms with Gasteiger partial charge in [-0.15, -0.1) is 0 Å². The number of rotatable bonds is 5. The number of hydrogen-bond donors (Lipinski definition) is 0. The van der Waals surface area contributed by atoms with E-state index in [1.807, 2.05) is 6.08 Å². The molecule has 1 heterocycles. The average molecular weight is 549 g/mol. The zero-order valence-corrected chi connectivity index (χ0v) is 23.7. The van der Waals surface area contributed by atoms with E-state index in [0.29, 0.717) is 0 Å². The summed E-state index contributed by atoms with van der Waals surface area (Å²) in [6.45, 7) is 7.94. The van der Waals surface area contributed by atoms with E-state index < -0.39 is 0 Å². The molecular formula is C42H28O. The molecule has 0 aliphatic carbocycles. The Bertz CT molecular complexity index is 2310. The van der Waals surface area contributed by atoms with Gasteiger partial charge in [0.2, 0.25) is 0 Å². The van der Waals surface area contributed by atoms with Crippen molar-refractivity contribution in [3.63, 3.8) is 0 Å². The molecule has 0 saturated carbocycles. The van der Waals surface area contributed by atoms with Crippen molar-refractivity contribution in [1.82, 2.24) is 0 Å². The highest BCUT2D eigenvalue weighted by atomic mass is 16.3. The van der Waals surface area contributed by atoms with Crippen LogP contribution in [0.1, 0.15) is 11.3 Å². The number of hydrogen-bond acceptors (Lipinski definition) is 1. The Kier molecular flexibility index (Phi) is 5.84. The van der Waals surface area contributed by atoms with Crippen molar-refractivity contribution in [2.24, 2.45) is 0 Å². The van der Waals surface area contributed by atoms with Crippen molar-refractivity contribution in [2.75, 3.05) is 0 Å². The molecule has 0 bridgehead atoms. The summed E-state index contributed by atoms with van der Waals surface area (Å²) in [6, 6.07) is 48.1. The SMILES string of the molecule is C=Cc1oc2cc(-c3c4ccccc4c(-c4ccc(-c5ccccc5)c5ccccc45)c4ccccc34)ccc2c1C=C. The molecule has 1 nitrogen and oxygen atoms in total. The number of benzene rings is 7. The molecule has 0 spiro atoms. The Hall–Kier alpha value is -5.66. The van der Waals surface area contributed by atoms with Crippen LogP contribution < -0.4 is 0 Å². The first-order valence-electron chi connectivity index (χ1n) is 14.6. The predicted octanol–water partition coefficient (Wildman–Crippen LogP) is 12.2. The quantitative estimate of drug-likeness (QED) is 0.195. The zero-order valence-electron chi connectivity index (χ0n) is 23.7. The van der Waals surface area contributed by atoms with Gasteiger partial charge in [0.1, 0.15) is 11.3 Å². The Balaban J connectivity index is 1.45. The van der Waals surface area contributed by atoms with Gasteiger partial charge >= 0.3 is 0 Å². The van der Waals surface area contributed by atoms with Crippen LogP contribution >= 0.6 is 0 Å². The Morgan fingerprint density at radius 2 is 0.953 bits per heavy atom. The molecule has 0 aliphatic rings. The second kappa shape index (κ2) is 10.0. The minimum absolute atomic E-state index is 0.748. The molecule has 1 heteroatoms. The molecule has 0 atom stereocenters. The van der Waals surface area contributed by atoms with Gasteiger partial charge in [0.25, 0.3) is 0 Å². The molecule has 8 aromatic rings. The third-order valence-electron chi connectivity index (χ3n) is 8.65. The zero-order chi connectivity index (χ0) is 28.9. The monoisotopic (exact) mass is 548 g/mol. The van der Waals surface area contributed by atoms with Gasteiger partial charge in [-0.3, -0.25) is 0 Å². The van der Waals surface area contributed by atoms with Gasteiger partial charge in [-0.25, -0.2) is 0 Å². The summed E-state index contributed by atoms with van der Waals surface area (Å²) in [5.74, 6) is 0.748. The predicted molar refractivity (Wildman–Crippen MR) is 185 cm³/mol. The van der Waals surface area contributed by atoms with Crippen LogP contribution in [0.2, 0.25) is 0 Å². The van der Waals surface area contributed by atoms with Gasteiger partial charge in [-0.1, -0.05) is 141 Å². The fourth-order valence-corrected chi connectivity index (χ4v) is 6.77. The van der Waals surface area contributed by atoms with Crippen LogP contribution in [0.25, 0.3) is 88.8 Å². The van der Waals surface area contributed by atoms with Crippen LogP contribution in [0.5, 0.6) is 0 Å². The molecule has 0 saturated heterocycles. The lowest BCUT2D eigenvalue weighted by molar-refractivity contribution is 0.603. The summed E-state index contributed by atoms with van der Waals surface area (Å²) in [5.41, 5.74) is 9.11. The molecule has 0 N–H and O–H groups in total. The molecular weight excluding hydrogens is 520 g/mol. The highest BCUT2D eigenvalue weighted by molar-refractivity contribution is 6.24. The van der Waals surface area contributed by atoms with Crippen molar-refractivity contribution in [2.45, 2.75) is 0 Å². The van der Waals surface area contributed by atoms with Crippen molar-refractivity contribution in [3.8, 4) is 33.4 Å². The summed E-state index contributed by atoms with van der Waals surface area (Å²) in [4.78, 5) is 0. The Labute approximate surface area is 250 Å². The van der Waals surface area contributed by atoms with Crippen LogP contribution in [0, 0.1) is 0 Å². The minimum Gasteiger partial charge on any atom is -0.456 e. The maximum Gasteiger partial charge on any atom is 0.136 e. The molecule has 43 heavy (non-hydrogen) atoms. The normalized spacial score (nSPS) is 11.4. The van der Waals surface area contributed by atoms with E-state index in [1.165, 1.54) is 60.1 Å². The Morgan fingerprint density at radius 1 is 0.419 bits per heavy atom. The molecule has 0 fully saturated rings. The average Bonchev–Trinajstić information content (AvgIpc) is 3.44. The van der Waals surface area contributed by atoms with E-state index in [-0.39, 0.29) is 0 Å². The third-order valence-corrected chi connectivity index (χ3v) is 8.65. The summed E-state index contributed by atoms with van der Waals surface area (Å²) >= 11 is 0. The summed E-state index contributed by atoms with van der Waals surface area (Å²) in [5, 5.41) is 8.43. The molecule has 7 aromatic carbocycles. The number of furan rings is 1. The fourth-order valence-electron chi connectivity index (χ4n) is 6.77. The fraction of sp³-hybridized carbons (Fsp3) is 0. The molecule has 0 aliphatic heterocycles. The van der Waals surface area contributed by atoms with Gasteiger partial charge < -0.3 is 4.42 Å². The lowest BCUT2D eigenvalue weighted by Gasteiger charge is -2.19. The maximum absolute atomic E-state index is 6.23. The second-order valence-corrected chi connectivity index (χ2v) is 10.9. The molecule has 0 radical (unpaired) electrons. The highest BCUT2D eigenvalue weighted by Crippen LogP contribution is 2.47. The van der Waals surface area contributed by atoms with Crippen LogP contribution in [-0.2, 0) is 0 Å². The van der Waals surface area contributed by atoms with Crippen LogP contribution in [0.3, 0.4) is 0 Å². The molecule has 0 unspecified atom stereocenters. The molecule has 0 amide bonds. The maximum atomic E-state index is 6.23. The molecule has 202 valence electrons. The topological polar surface area (TPSA) is 13.1 Å². The smallest absolute Gasteiger partial charge is 0.136 e. The van der Waals surface area contributed by atoms with Crippen LogP contribution in [0.4, 0.5) is 0 Å². The van der Waals surface area contributed by atoms with Gasteiger partial charge in [0, 0.05) is 10.9 Å². The minimum atomic E-state index is 0.748.